The van der Waals surface area contributed by atoms with Crippen LogP contribution in [0.3, 0.4) is 0 Å². The van der Waals surface area contributed by atoms with Gasteiger partial charge >= 0.3 is 5.97 Å². The lowest BCUT2D eigenvalue weighted by Gasteiger charge is -2.44. The highest BCUT2D eigenvalue weighted by Gasteiger charge is 2.79. The number of aliphatic hydroxyl groups is 1. The number of amides is 2. The Morgan fingerprint density at radius 1 is 1.28 bits per heavy atom. The predicted molar refractivity (Wildman–Crippen MR) is 137 cm³/mol. The molecule has 8 heteroatoms. The van der Waals surface area contributed by atoms with Crippen molar-refractivity contribution in [1.82, 2.24) is 9.80 Å². The molecule has 36 heavy (non-hydrogen) atoms. The maximum Gasteiger partial charge on any atom is 0.312 e. The van der Waals surface area contributed by atoms with Crippen LogP contribution in [0.15, 0.2) is 25.3 Å². The Morgan fingerprint density at radius 3 is 2.47 bits per heavy atom. The average molecular weight is 505 g/mol. The quantitative estimate of drug-likeness (QED) is 0.264. The monoisotopic (exact) mass is 504 g/mol. The zero-order chi connectivity index (χ0) is 27.1. The molecule has 1 spiro atoms. The molecule has 3 rings (SSSR count). The smallest absolute Gasteiger partial charge is 0.312 e. The van der Waals surface area contributed by atoms with Crippen LogP contribution in [-0.2, 0) is 23.9 Å². The van der Waals surface area contributed by atoms with Crippen molar-refractivity contribution in [3.63, 3.8) is 0 Å². The zero-order valence-electron chi connectivity index (χ0n) is 22.8. The van der Waals surface area contributed by atoms with E-state index < -0.39 is 46.6 Å². The van der Waals surface area contributed by atoms with E-state index in [1.54, 1.807) is 17.1 Å². The van der Waals surface area contributed by atoms with Gasteiger partial charge in [0.15, 0.2) is 0 Å². The van der Waals surface area contributed by atoms with Gasteiger partial charge in [-0.3, -0.25) is 14.4 Å². The molecule has 0 saturated carbocycles. The average Bonchev–Trinajstić information content (AvgIpc) is 3.35. The summed E-state index contributed by atoms with van der Waals surface area (Å²) in [5.41, 5.74) is -2.58. The largest absolute Gasteiger partial charge is 0.465 e. The van der Waals surface area contributed by atoms with Gasteiger partial charge in [0.25, 0.3) is 0 Å². The molecule has 2 unspecified atom stereocenters. The van der Waals surface area contributed by atoms with E-state index in [1.807, 2.05) is 41.5 Å². The molecule has 1 N–H and O–H groups in total. The van der Waals surface area contributed by atoms with Gasteiger partial charge in [0.2, 0.25) is 11.8 Å². The van der Waals surface area contributed by atoms with Crippen molar-refractivity contribution in [2.75, 3.05) is 19.8 Å². The van der Waals surface area contributed by atoms with Gasteiger partial charge in [0.05, 0.1) is 30.8 Å². The summed E-state index contributed by atoms with van der Waals surface area (Å²) < 4.78 is 12.3. The lowest BCUT2D eigenvalue weighted by molar-refractivity contribution is -0.163. The number of hydrogen-bond acceptors (Lipinski definition) is 6. The van der Waals surface area contributed by atoms with Gasteiger partial charge in [0.1, 0.15) is 17.6 Å². The number of carbonyl (C=O) groups is 3. The van der Waals surface area contributed by atoms with Crippen LogP contribution < -0.4 is 0 Å². The number of allylic oxidation sites excluding steroid dienone is 1. The molecule has 0 radical (unpaired) electrons. The molecule has 0 aromatic rings. The van der Waals surface area contributed by atoms with E-state index in [1.165, 1.54) is 4.90 Å². The number of ether oxygens (including phenoxy) is 2. The summed E-state index contributed by atoms with van der Waals surface area (Å²) in [6, 6.07) is -1.54. The molecular weight excluding hydrogens is 460 g/mol. The Balaban J connectivity index is 2.09. The third-order valence-corrected chi connectivity index (χ3v) is 8.20. The number of hydrogen-bond donors (Lipinski definition) is 1. The second kappa shape index (κ2) is 10.3. The molecule has 2 amide bonds. The van der Waals surface area contributed by atoms with E-state index in [4.69, 9.17) is 9.47 Å². The Hall–Kier alpha value is -2.19. The van der Waals surface area contributed by atoms with E-state index in [9.17, 15) is 19.5 Å². The van der Waals surface area contributed by atoms with E-state index in [2.05, 4.69) is 13.2 Å². The van der Waals surface area contributed by atoms with E-state index in [-0.39, 0.29) is 30.9 Å². The van der Waals surface area contributed by atoms with Crippen LogP contribution in [-0.4, -0.2) is 81.3 Å². The van der Waals surface area contributed by atoms with Crippen LogP contribution in [0.2, 0.25) is 0 Å². The molecule has 3 heterocycles. The number of unbranched alkanes of at least 4 members (excludes halogenated alkanes) is 1. The lowest BCUT2D eigenvalue weighted by atomic mass is 9.66. The van der Waals surface area contributed by atoms with Crippen LogP contribution in [0.4, 0.5) is 0 Å². The van der Waals surface area contributed by atoms with E-state index in [0.717, 1.165) is 6.42 Å². The Bertz CT molecular complexity index is 895. The highest BCUT2D eigenvalue weighted by Crippen LogP contribution is 2.64. The lowest BCUT2D eigenvalue weighted by Crippen LogP contribution is -2.62. The highest BCUT2D eigenvalue weighted by atomic mass is 16.6. The molecular formula is C28H44N2O6. The van der Waals surface area contributed by atoms with Gasteiger partial charge in [-0.05, 0) is 59.3 Å². The summed E-state index contributed by atoms with van der Waals surface area (Å²) in [5.74, 6) is -2.78. The third-order valence-electron chi connectivity index (χ3n) is 8.20. The predicted octanol–water partition coefficient (Wildman–Crippen LogP) is 3.09. The van der Waals surface area contributed by atoms with Gasteiger partial charge in [-0.15, -0.1) is 13.2 Å². The van der Waals surface area contributed by atoms with Gasteiger partial charge in [0, 0.05) is 12.1 Å². The van der Waals surface area contributed by atoms with E-state index >= 15 is 0 Å². The molecule has 2 bridgehead atoms. The van der Waals surface area contributed by atoms with Crippen molar-refractivity contribution >= 4 is 17.8 Å². The van der Waals surface area contributed by atoms with Crippen LogP contribution in [0.5, 0.6) is 0 Å². The summed E-state index contributed by atoms with van der Waals surface area (Å²) in [4.78, 5) is 45.1. The number of likely N-dealkylation sites (tertiary alicyclic amines) is 1. The van der Waals surface area contributed by atoms with Gasteiger partial charge < -0.3 is 24.4 Å². The van der Waals surface area contributed by atoms with Crippen LogP contribution in [0.25, 0.3) is 0 Å². The van der Waals surface area contributed by atoms with Crippen LogP contribution in [0, 0.1) is 17.8 Å². The third kappa shape index (κ3) is 4.51. The molecule has 8 nitrogen and oxygen atoms in total. The molecule has 202 valence electrons. The number of esters is 1. The molecule has 3 fully saturated rings. The summed E-state index contributed by atoms with van der Waals surface area (Å²) in [6.45, 7) is 19.3. The number of carbonyl (C=O) groups excluding carboxylic acids is 3. The second-order valence-electron chi connectivity index (χ2n) is 12.0. The minimum Gasteiger partial charge on any atom is -0.465 e. The second-order valence-corrected chi connectivity index (χ2v) is 12.0. The number of fused-ring (bicyclic) bond motifs is 1. The highest BCUT2D eigenvalue weighted by molar-refractivity contribution is 5.99. The summed E-state index contributed by atoms with van der Waals surface area (Å²) in [6.07, 6.45) is 5.84. The van der Waals surface area contributed by atoms with Crippen molar-refractivity contribution in [1.29, 1.82) is 0 Å². The minimum atomic E-state index is -1.15. The fourth-order valence-electron chi connectivity index (χ4n) is 6.44. The van der Waals surface area contributed by atoms with E-state index in [0.29, 0.717) is 25.8 Å². The van der Waals surface area contributed by atoms with Gasteiger partial charge in [-0.25, -0.2) is 0 Å². The van der Waals surface area contributed by atoms with Crippen molar-refractivity contribution < 1.29 is 29.0 Å². The fourth-order valence-corrected chi connectivity index (χ4v) is 6.44. The van der Waals surface area contributed by atoms with Crippen molar-refractivity contribution in [2.24, 2.45) is 17.8 Å². The summed E-state index contributed by atoms with van der Waals surface area (Å²) in [5, 5.41) is 10.3. The summed E-state index contributed by atoms with van der Waals surface area (Å²) in [7, 11) is 0. The first-order chi connectivity index (χ1) is 16.8. The van der Waals surface area contributed by atoms with Gasteiger partial charge in [-0.2, -0.15) is 0 Å². The van der Waals surface area contributed by atoms with Crippen LogP contribution >= 0.6 is 0 Å². The maximum absolute atomic E-state index is 14.3. The SMILES string of the molecule is C=CCCCOC(=O)[C@@H]1[C@H]2C(=O)N([C@@H](CO)C(C)C)C(C(=O)N(CC=C)C(C)(C)C)C23CC[C@@]1(C)O3. The van der Waals surface area contributed by atoms with Crippen LogP contribution in [0.1, 0.15) is 67.2 Å². The van der Waals surface area contributed by atoms with Crippen molar-refractivity contribution in [2.45, 2.75) is 96.1 Å². The molecule has 0 aromatic carbocycles. The molecule has 3 saturated heterocycles. The zero-order valence-corrected chi connectivity index (χ0v) is 22.8. The minimum absolute atomic E-state index is 0.107. The van der Waals surface area contributed by atoms with Crippen molar-refractivity contribution in [3.8, 4) is 0 Å². The molecule has 0 aromatic heterocycles. The fraction of sp³-hybridized carbons (Fsp3) is 0.750. The Morgan fingerprint density at radius 2 is 1.94 bits per heavy atom. The first kappa shape index (κ1) is 28.4. The number of nitrogens with zero attached hydrogens (tertiary/aromatic N) is 2. The summed E-state index contributed by atoms with van der Waals surface area (Å²) >= 11 is 0. The normalized spacial score (nSPS) is 31.9. The number of aliphatic hydroxyl groups excluding tert-OH is 1. The first-order valence-electron chi connectivity index (χ1n) is 13.1. The Labute approximate surface area is 215 Å². The molecule has 3 aliphatic heterocycles. The molecule has 3 aliphatic rings. The first-order valence-corrected chi connectivity index (χ1v) is 13.1. The molecule has 0 aliphatic carbocycles. The topological polar surface area (TPSA) is 96.4 Å². The number of rotatable bonds is 11. The maximum atomic E-state index is 14.3. The Kier molecular flexibility index (Phi) is 8.11. The standard InChI is InChI=1S/C28H44N2O6/c1-9-11-12-16-35-25(34)21-20-23(32)30(19(17-31)18(3)4)22(28(20)14-13-27(21,8)36-28)24(33)29(15-10-2)26(5,6)7/h9-10,18-22,31H,1-2,11-17H2,3-8H3/t19-,20-,21-,22?,27+,28?/m0/s1. The van der Waals surface area contributed by atoms with Crippen molar-refractivity contribution in [3.05, 3.63) is 25.3 Å². The van der Waals surface area contributed by atoms with Gasteiger partial charge in [-0.1, -0.05) is 26.0 Å². The molecule has 6 atom stereocenters.